The molecule has 2 aromatic carbocycles. The van der Waals surface area contributed by atoms with E-state index in [2.05, 4.69) is 10.1 Å². The van der Waals surface area contributed by atoms with E-state index >= 15 is 0 Å². The molecule has 160 valence electrons. The Morgan fingerprint density at radius 2 is 1.67 bits per heavy atom. The van der Waals surface area contributed by atoms with Crippen molar-refractivity contribution in [3.05, 3.63) is 59.9 Å². The van der Waals surface area contributed by atoms with Crippen molar-refractivity contribution in [3.8, 4) is 0 Å². The zero-order valence-corrected chi connectivity index (χ0v) is 17.2. The van der Waals surface area contributed by atoms with E-state index in [1.54, 1.807) is 12.1 Å². The highest BCUT2D eigenvalue weighted by Crippen LogP contribution is 2.22. The van der Waals surface area contributed by atoms with Crippen LogP contribution in [-0.4, -0.2) is 69.3 Å². The SMILES string of the molecule is COC(=O)c1ccccc1S(=O)(=O)N1CCN(CC(=O)Nc2ccc(F)cc2)CC1. The van der Waals surface area contributed by atoms with E-state index in [0.29, 0.717) is 18.8 Å². The number of sulfonamides is 1. The van der Waals surface area contributed by atoms with Crippen LogP contribution in [0.2, 0.25) is 0 Å². The molecular weight excluding hydrogens is 413 g/mol. The number of hydrogen-bond acceptors (Lipinski definition) is 6. The number of ether oxygens (including phenoxy) is 1. The molecule has 1 aliphatic heterocycles. The van der Waals surface area contributed by atoms with Crippen LogP contribution in [-0.2, 0) is 19.6 Å². The molecule has 30 heavy (non-hydrogen) atoms. The van der Waals surface area contributed by atoms with Crippen molar-refractivity contribution in [1.29, 1.82) is 0 Å². The van der Waals surface area contributed by atoms with Gasteiger partial charge in [0.25, 0.3) is 0 Å². The van der Waals surface area contributed by atoms with Crippen molar-refractivity contribution in [3.63, 3.8) is 0 Å². The fourth-order valence-corrected chi connectivity index (χ4v) is 4.78. The Labute approximate surface area is 174 Å². The van der Waals surface area contributed by atoms with Gasteiger partial charge < -0.3 is 10.1 Å². The molecule has 0 aromatic heterocycles. The maximum Gasteiger partial charge on any atom is 0.339 e. The molecular formula is C20H22FN3O5S. The minimum Gasteiger partial charge on any atom is -0.465 e. The number of carbonyl (C=O) groups excluding carboxylic acids is 2. The van der Waals surface area contributed by atoms with Gasteiger partial charge in [0.05, 0.1) is 24.1 Å². The monoisotopic (exact) mass is 435 g/mol. The van der Waals surface area contributed by atoms with Gasteiger partial charge in [0.1, 0.15) is 5.82 Å². The lowest BCUT2D eigenvalue weighted by Crippen LogP contribution is -2.50. The van der Waals surface area contributed by atoms with Gasteiger partial charge in [-0.2, -0.15) is 4.31 Å². The Bertz CT molecular complexity index is 1020. The molecule has 1 amide bonds. The second-order valence-electron chi connectivity index (χ2n) is 6.72. The lowest BCUT2D eigenvalue weighted by atomic mass is 10.2. The molecule has 2 aromatic rings. The molecule has 1 aliphatic rings. The van der Waals surface area contributed by atoms with Crippen LogP contribution in [0.15, 0.2) is 53.4 Å². The Hall–Kier alpha value is -2.82. The number of benzene rings is 2. The maximum absolute atomic E-state index is 13.0. The van der Waals surface area contributed by atoms with Gasteiger partial charge in [0.2, 0.25) is 15.9 Å². The van der Waals surface area contributed by atoms with Crippen molar-refractivity contribution in [1.82, 2.24) is 9.21 Å². The van der Waals surface area contributed by atoms with E-state index in [9.17, 15) is 22.4 Å². The summed E-state index contributed by atoms with van der Waals surface area (Å²) in [6.07, 6.45) is 0. The van der Waals surface area contributed by atoms with E-state index in [0.717, 1.165) is 0 Å². The standard InChI is InChI=1S/C20H22FN3O5S/c1-29-20(26)17-4-2-3-5-18(17)30(27,28)24-12-10-23(11-13-24)14-19(25)22-16-8-6-15(21)7-9-16/h2-9H,10-14H2,1H3,(H,22,25). The van der Waals surface area contributed by atoms with Gasteiger partial charge in [-0.3, -0.25) is 9.69 Å². The summed E-state index contributed by atoms with van der Waals surface area (Å²) in [7, 11) is -2.69. The zero-order valence-electron chi connectivity index (χ0n) is 16.4. The van der Waals surface area contributed by atoms with Gasteiger partial charge in [-0.15, -0.1) is 0 Å². The van der Waals surface area contributed by atoms with Crippen molar-refractivity contribution >= 4 is 27.6 Å². The molecule has 0 spiro atoms. The average Bonchev–Trinajstić information content (AvgIpc) is 2.75. The Morgan fingerprint density at radius 3 is 2.30 bits per heavy atom. The number of piperazine rings is 1. The first-order chi connectivity index (χ1) is 14.3. The molecule has 8 nitrogen and oxygen atoms in total. The number of nitrogens with one attached hydrogen (secondary N) is 1. The topological polar surface area (TPSA) is 96.0 Å². The van der Waals surface area contributed by atoms with Crippen molar-refractivity contribution in [2.75, 3.05) is 45.2 Å². The first-order valence-corrected chi connectivity index (χ1v) is 10.7. The second-order valence-corrected chi connectivity index (χ2v) is 8.63. The molecule has 1 N–H and O–H groups in total. The first-order valence-electron chi connectivity index (χ1n) is 9.26. The summed E-state index contributed by atoms with van der Waals surface area (Å²) in [6.45, 7) is 1.17. The Balaban J connectivity index is 1.60. The number of methoxy groups -OCH3 is 1. The predicted octanol–water partition coefficient (Wildman–Crippen LogP) is 1.56. The Kier molecular flexibility index (Phi) is 6.80. The normalized spacial score (nSPS) is 15.5. The maximum atomic E-state index is 13.0. The molecule has 0 radical (unpaired) electrons. The van der Waals surface area contributed by atoms with E-state index in [1.807, 2.05) is 4.90 Å². The fraction of sp³-hybridized carbons (Fsp3) is 0.300. The van der Waals surface area contributed by atoms with Crippen LogP contribution in [0.25, 0.3) is 0 Å². The van der Waals surface area contributed by atoms with Crippen LogP contribution in [0.5, 0.6) is 0 Å². The lowest BCUT2D eigenvalue weighted by molar-refractivity contribution is -0.117. The highest BCUT2D eigenvalue weighted by atomic mass is 32.2. The number of halogens is 1. The third kappa shape index (κ3) is 5.02. The smallest absolute Gasteiger partial charge is 0.339 e. The number of amides is 1. The highest BCUT2D eigenvalue weighted by Gasteiger charge is 2.32. The number of carbonyl (C=O) groups is 2. The Morgan fingerprint density at radius 1 is 1.03 bits per heavy atom. The summed E-state index contributed by atoms with van der Waals surface area (Å²) < 4.78 is 44.9. The highest BCUT2D eigenvalue weighted by molar-refractivity contribution is 7.89. The molecule has 0 bridgehead atoms. The van der Waals surface area contributed by atoms with Crippen LogP contribution in [0.4, 0.5) is 10.1 Å². The summed E-state index contributed by atoms with van der Waals surface area (Å²) in [6, 6.07) is 11.4. The summed E-state index contributed by atoms with van der Waals surface area (Å²) in [5.41, 5.74) is 0.475. The molecule has 1 fully saturated rings. The summed E-state index contributed by atoms with van der Waals surface area (Å²) in [5.74, 6) is -1.38. The zero-order chi connectivity index (χ0) is 21.7. The molecule has 1 heterocycles. The molecule has 0 atom stereocenters. The van der Waals surface area contributed by atoms with Gasteiger partial charge in [0.15, 0.2) is 0 Å². The van der Waals surface area contributed by atoms with E-state index < -0.39 is 16.0 Å². The minimum atomic E-state index is -3.88. The van der Waals surface area contributed by atoms with Crippen LogP contribution in [0.3, 0.4) is 0 Å². The summed E-state index contributed by atoms with van der Waals surface area (Å²) >= 11 is 0. The van der Waals surface area contributed by atoms with E-state index in [4.69, 9.17) is 0 Å². The number of rotatable bonds is 6. The largest absolute Gasteiger partial charge is 0.465 e. The summed E-state index contributed by atoms with van der Waals surface area (Å²) in [5, 5.41) is 2.68. The first kappa shape index (κ1) is 21.9. The average molecular weight is 435 g/mol. The molecule has 0 saturated carbocycles. The van der Waals surface area contributed by atoms with Crippen LogP contribution < -0.4 is 5.32 Å². The molecule has 0 unspecified atom stereocenters. The predicted molar refractivity (Wildman–Crippen MR) is 108 cm³/mol. The van der Waals surface area contributed by atoms with Gasteiger partial charge in [-0.25, -0.2) is 17.6 Å². The number of hydrogen-bond donors (Lipinski definition) is 1. The lowest BCUT2D eigenvalue weighted by Gasteiger charge is -2.33. The number of esters is 1. The van der Waals surface area contributed by atoms with Gasteiger partial charge >= 0.3 is 5.97 Å². The van der Waals surface area contributed by atoms with Crippen molar-refractivity contribution < 1.29 is 27.1 Å². The molecule has 1 saturated heterocycles. The second kappa shape index (κ2) is 9.33. The molecule has 10 heteroatoms. The third-order valence-corrected chi connectivity index (χ3v) is 6.69. The van der Waals surface area contributed by atoms with Crippen LogP contribution >= 0.6 is 0 Å². The van der Waals surface area contributed by atoms with Crippen LogP contribution in [0.1, 0.15) is 10.4 Å². The molecule has 3 rings (SSSR count). The van der Waals surface area contributed by atoms with Gasteiger partial charge in [-0.05, 0) is 36.4 Å². The summed E-state index contributed by atoms with van der Waals surface area (Å²) in [4.78, 5) is 25.8. The number of nitrogens with zero attached hydrogens (tertiary/aromatic N) is 2. The number of anilines is 1. The van der Waals surface area contributed by atoms with E-state index in [1.165, 1.54) is 47.8 Å². The van der Waals surface area contributed by atoms with Crippen molar-refractivity contribution in [2.45, 2.75) is 4.90 Å². The molecule has 0 aliphatic carbocycles. The van der Waals surface area contributed by atoms with Gasteiger partial charge in [-0.1, -0.05) is 12.1 Å². The van der Waals surface area contributed by atoms with E-state index in [-0.39, 0.29) is 41.8 Å². The third-order valence-electron chi connectivity index (χ3n) is 4.74. The minimum absolute atomic E-state index is 0.0129. The van der Waals surface area contributed by atoms with Gasteiger partial charge in [0, 0.05) is 31.9 Å². The quantitative estimate of drug-likeness (QED) is 0.692. The fourth-order valence-electron chi connectivity index (χ4n) is 3.17. The van der Waals surface area contributed by atoms with Crippen LogP contribution in [0, 0.1) is 5.82 Å². The van der Waals surface area contributed by atoms with Crippen molar-refractivity contribution in [2.24, 2.45) is 0 Å².